The highest BCUT2D eigenvalue weighted by molar-refractivity contribution is 7.89. The fraction of sp³-hybridized carbons (Fsp3) is 0.250. The van der Waals surface area contributed by atoms with E-state index in [1.165, 1.54) is 0 Å². The molecule has 32 heavy (non-hydrogen) atoms. The van der Waals surface area contributed by atoms with E-state index in [-0.39, 0.29) is 11.5 Å². The second kappa shape index (κ2) is 8.72. The van der Waals surface area contributed by atoms with Crippen molar-refractivity contribution in [3.8, 4) is 11.4 Å². The molecule has 0 saturated heterocycles. The molecule has 2 aromatic heterocycles. The van der Waals surface area contributed by atoms with Crippen LogP contribution in [0.4, 0.5) is 0 Å². The summed E-state index contributed by atoms with van der Waals surface area (Å²) < 4.78 is 36.7. The standard InChI is InChI=1S/C24H26N4O3S/c1-16-8-10-21(11-9-16)28-19(4)24(18(3)26-28)32(29,30)27-17(2)15-31-23-7-5-6-20-14-25-13-12-22(20)23/h5-14,17,27H,15H2,1-4H3/t17-/m0/s1. The summed E-state index contributed by atoms with van der Waals surface area (Å²) in [4.78, 5) is 4.32. The molecule has 0 aliphatic carbocycles. The molecule has 0 aliphatic heterocycles. The summed E-state index contributed by atoms with van der Waals surface area (Å²) in [6.07, 6.45) is 3.48. The molecule has 0 fully saturated rings. The van der Waals surface area contributed by atoms with Gasteiger partial charge in [0.25, 0.3) is 0 Å². The van der Waals surface area contributed by atoms with Gasteiger partial charge in [-0.2, -0.15) is 5.10 Å². The molecule has 0 aliphatic rings. The van der Waals surface area contributed by atoms with Crippen molar-refractivity contribution in [3.05, 3.63) is 77.9 Å². The number of hydrogen-bond donors (Lipinski definition) is 1. The van der Waals surface area contributed by atoms with E-state index in [2.05, 4.69) is 14.8 Å². The van der Waals surface area contributed by atoms with Crippen LogP contribution in [0, 0.1) is 20.8 Å². The van der Waals surface area contributed by atoms with Gasteiger partial charge >= 0.3 is 0 Å². The number of aromatic nitrogens is 3. The number of hydrogen-bond acceptors (Lipinski definition) is 5. The maximum absolute atomic E-state index is 13.2. The molecule has 0 radical (unpaired) electrons. The second-order valence-electron chi connectivity index (χ2n) is 7.93. The Morgan fingerprint density at radius 1 is 1.06 bits per heavy atom. The molecular weight excluding hydrogens is 424 g/mol. The van der Waals surface area contributed by atoms with E-state index >= 15 is 0 Å². The highest BCUT2D eigenvalue weighted by atomic mass is 32.2. The zero-order chi connectivity index (χ0) is 22.9. The van der Waals surface area contributed by atoms with Crippen molar-refractivity contribution in [1.82, 2.24) is 19.5 Å². The van der Waals surface area contributed by atoms with Crippen molar-refractivity contribution in [2.45, 2.75) is 38.6 Å². The van der Waals surface area contributed by atoms with E-state index in [0.717, 1.165) is 22.0 Å². The molecule has 4 rings (SSSR count). The average molecular weight is 451 g/mol. The van der Waals surface area contributed by atoms with Crippen LogP contribution in [0.5, 0.6) is 5.75 Å². The minimum absolute atomic E-state index is 0.185. The lowest BCUT2D eigenvalue weighted by molar-refractivity contribution is 0.290. The van der Waals surface area contributed by atoms with Gasteiger partial charge in [0, 0.05) is 23.2 Å². The van der Waals surface area contributed by atoms with Crippen LogP contribution in [0.25, 0.3) is 16.5 Å². The van der Waals surface area contributed by atoms with Gasteiger partial charge in [-0.3, -0.25) is 4.98 Å². The SMILES string of the molecule is Cc1ccc(-n2nc(C)c(S(=O)(=O)N[C@@H](C)COc3cccc4cnccc34)c2C)cc1. The van der Waals surface area contributed by atoms with E-state index in [1.54, 1.807) is 37.8 Å². The number of rotatable bonds is 7. The van der Waals surface area contributed by atoms with Gasteiger partial charge in [-0.15, -0.1) is 0 Å². The van der Waals surface area contributed by atoms with Crippen LogP contribution < -0.4 is 9.46 Å². The van der Waals surface area contributed by atoms with Gasteiger partial charge in [0.15, 0.2) is 0 Å². The molecule has 0 spiro atoms. The highest BCUT2D eigenvalue weighted by Gasteiger charge is 2.27. The van der Waals surface area contributed by atoms with Crippen LogP contribution in [0.15, 0.2) is 65.8 Å². The molecule has 0 unspecified atom stereocenters. The number of pyridine rings is 1. The number of sulfonamides is 1. The molecule has 2 aromatic carbocycles. The second-order valence-corrected chi connectivity index (χ2v) is 9.58. The van der Waals surface area contributed by atoms with Crippen LogP contribution in [0.3, 0.4) is 0 Å². The Hall–Kier alpha value is -3.23. The third-order valence-corrected chi connectivity index (χ3v) is 7.10. The normalized spacial score (nSPS) is 12.8. The first-order valence-corrected chi connectivity index (χ1v) is 11.9. The Morgan fingerprint density at radius 3 is 2.56 bits per heavy atom. The van der Waals surface area contributed by atoms with Gasteiger partial charge in [0.1, 0.15) is 17.3 Å². The third-order valence-electron chi connectivity index (χ3n) is 5.26. The molecule has 0 amide bonds. The minimum atomic E-state index is -3.79. The van der Waals surface area contributed by atoms with Crippen molar-refractivity contribution in [1.29, 1.82) is 0 Å². The number of benzene rings is 2. The lowest BCUT2D eigenvalue weighted by Crippen LogP contribution is -2.37. The molecule has 4 aromatic rings. The first-order chi connectivity index (χ1) is 15.3. The molecule has 2 heterocycles. The maximum Gasteiger partial charge on any atom is 0.244 e. The van der Waals surface area contributed by atoms with Crippen molar-refractivity contribution in [2.24, 2.45) is 0 Å². The van der Waals surface area contributed by atoms with E-state index in [4.69, 9.17) is 4.74 Å². The first-order valence-electron chi connectivity index (χ1n) is 10.4. The van der Waals surface area contributed by atoms with E-state index in [9.17, 15) is 8.42 Å². The largest absolute Gasteiger partial charge is 0.491 e. The molecule has 0 saturated carbocycles. The third kappa shape index (κ3) is 4.37. The van der Waals surface area contributed by atoms with E-state index < -0.39 is 16.1 Å². The van der Waals surface area contributed by atoms with E-state index in [0.29, 0.717) is 17.1 Å². The van der Waals surface area contributed by atoms with Gasteiger partial charge < -0.3 is 4.74 Å². The summed E-state index contributed by atoms with van der Waals surface area (Å²) in [6, 6.07) is 14.9. The fourth-order valence-corrected chi connectivity index (χ4v) is 5.37. The predicted octanol–water partition coefficient (Wildman–Crippen LogP) is 4.09. The topological polar surface area (TPSA) is 86.1 Å². The van der Waals surface area contributed by atoms with Crippen molar-refractivity contribution >= 4 is 20.8 Å². The van der Waals surface area contributed by atoms with Gasteiger partial charge in [-0.1, -0.05) is 29.8 Å². The van der Waals surface area contributed by atoms with Gasteiger partial charge in [0.05, 0.1) is 23.1 Å². The predicted molar refractivity (Wildman–Crippen MR) is 125 cm³/mol. The average Bonchev–Trinajstić information content (AvgIpc) is 3.07. The molecule has 166 valence electrons. The summed E-state index contributed by atoms with van der Waals surface area (Å²) in [7, 11) is -3.79. The minimum Gasteiger partial charge on any atom is -0.491 e. The number of nitrogens with one attached hydrogen (secondary N) is 1. The molecule has 1 N–H and O–H groups in total. The smallest absolute Gasteiger partial charge is 0.244 e. The first kappa shape index (κ1) is 22.0. The van der Waals surface area contributed by atoms with Gasteiger partial charge in [-0.05, 0) is 52.0 Å². The molecule has 7 nitrogen and oxygen atoms in total. The Bertz CT molecular complexity index is 1360. The molecular formula is C24H26N4O3S. The highest BCUT2D eigenvalue weighted by Crippen LogP contribution is 2.25. The Balaban J connectivity index is 1.52. The van der Waals surface area contributed by atoms with Gasteiger partial charge in [-0.25, -0.2) is 17.8 Å². The molecule has 8 heteroatoms. The van der Waals surface area contributed by atoms with Crippen LogP contribution in [0.2, 0.25) is 0 Å². The van der Waals surface area contributed by atoms with Crippen LogP contribution in [-0.2, 0) is 10.0 Å². The van der Waals surface area contributed by atoms with Crippen molar-refractivity contribution in [3.63, 3.8) is 0 Å². The summed E-state index contributed by atoms with van der Waals surface area (Å²) in [5.41, 5.74) is 2.96. The lowest BCUT2D eigenvalue weighted by atomic mass is 10.1. The number of fused-ring (bicyclic) bond motifs is 1. The Morgan fingerprint density at radius 2 is 1.81 bits per heavy atom. The van der Waals surface area contributed by atoms with Crippen LogP contribution in [0.1, 0.15) is 23.9 Å². The number of ether oxygens (including phenoxy) is 1. The molecule has 0 bridgehead atoms. The lowest BCUT2D eigenvalue weighted by Gasteiger charge is -2.16. The summed E-state index contributed by atoms with van der Waals surface area (Å²) in [5, 5.41) is 6.37. The fourth-order valence-electron chi connectivity index (χ4n) is 3.75. The van der Waals surface area contributed by atoms with Crippen LogP contribution >= 0.6 is 0 Å². The van der Waals surface area contributed by atoms with Crippen LogP contribution in [-0.4, -0.2) is 35.8 Å². The summed E-state index contributed by atoms with van der Waals surface area (Å²) >= 11 is 0. The number of aryl methyl sites for hydroxylation is 2. The molecule has 1 atom stereocenters. The Labute approximate surface area is 188 Å². The number of nitrogens with zero attached hydrogens (tertiary/aromatic N) is 3. The summed E-state index contributed by atoms with van der Waals surface area (Å²) in [5.74, 6) is 0.690. The monoisotopic (exact) mass is 450 g/mol. The Kier molecular flexibility index (Phi) is 5.99. The van der Waals surface area contributed by atoms with Crippen molar-refractivity contribution < 1.29 is 13.2 Å². The maximum atomic E-state index is 13.2. The van der Waals surface area contributed by atoms with E-state index in [1.807, 2.05) is 55.5 Å². The zero-order valence-electron chi connectivity index (χ0n) is 18.5. The van der Waals surface area contributed by atoms with Gasteiger partial charge in [0.2, 0.25) is 10.0 Å². The summed E-state index contributed by atoms with van der Waals surface area (Å²) in [6.45, 7) is 7.44. The zero-order valence-corrected chi connectivity index (χ0v) is 19.3. The quantitative estimate of drug-likeness (QED) is 0.458. The van der Waals surface area contributed by atoms with Crippen molar-refractivity contribution in [2.75, 3.05) is 6.61 Å².